The third-order valence-corrected chi connectivity index (χ3v) is 5.12. The van der Waals surface area contributed by atoms with Crippen LogP contribution in [-0.4, -0.2) is 44.9 Å². The van der Waals surface area contributed by atoms with Crippen LogP contribution in [0, 0.1) is 0 Å². The van der Waals surface area contributed by atoms with Crippen LogP contribution in [0.15, 0.2) is 24.3 Å². The zero-order valence-electron chi connectivity index (χ0n) is 13.1. The molecule has 3 rings (SSSR count). The summed E-state index contributed by atoms with van der Waals surface area (Å²) in [5.74, 6) is 0.986. The first-order chi connectivity index (χ1) is 10.3. The van der Waals surface area contributed by atoms with Gasteiger partial charge in [-0.2, -0.15) is 0 Å². The van der Waals surface area contributed by atoms with Gasteiger partial charge in [0, 0.05) is 25.0 Å². The molecular weight excluding hydrogens is 262 g/mol. The summed E-state index contributed by atoms with van der Waals surface area (Å²) in [6.45, 7) is 5.09. The van der Waals surface area contributed by atoms with E-state index in [2.05, 4.69) is 29.2 Å². The summed E-state index contributed by atoms with van der Waals surface area (Å²) in [6, 6.07) is 8.75. The van der Waals surface area contributed by atoms with Crippen molar-refractivity contribution >= 4 is 0 Å². The minimum absolute atomic E-state index is 0.310. The molecule has 1 aliphatic heterocycles. The summed E-state index contributed by atoms with van der Waals surface area (Å²) in [6.07, 6.45) is 6.69. The molecule has 1 saturated carbocycles. The molecule has 116 valence electrons. The standard InChI is InChI=1S/C18H27NO2/c1-20-17-7-5-6-16(14-17)18(8-3-2-4-9-18)15-19-10-12-21-13-11-19/h5-7,14H,2-4,8-13,15H2,1H3. The van der Waals surface area contributed by atoms with E-state index in [1.165, 1.54) is 44.2 Å². The minimum atomic E-state index is 0.310. The van der Waals surface area contributed by atoms with Gasteiger partial charge in [0.15, 0.2) is 0 Å². The third kappa shape index (κ3) is 3.41. The molecule has 0 amide bonds. The van der Waals surface area contributed by atoms with Crippen molar-refractivity contribution in [3.05, 3.63) is 29.8 Å². The summed E-state index contributed by atoms with van der Waals surface area (Å²) >= 11 is 0. The normalized spacial score (nSPS) is 22.9. The van der Waals surface area contributed by atoms with E-state index in [9.17, 15) is 0 Å². The van der Waals surface area contributed by atoms with Gasteiger partial charge in [0.2, 0.25) is 0 Å². The van der Waals surface area contributed by atoms with E-state index < -0.39 is 0 Å². The zero-order chi connectivity index (χ0) is 14.5. The molecule has 0 N–H and O–H groups in total. The molecule has 0 spiro atoms. The second-order valence-electron chi connectivity index (χ2n) is 6.46. The number of hydrogen-bond acceptors (Lipinski definition) is 3. The fourth-order valence-corrected chi connectivity index (χ4v) is 3.91. The molecule has 0 bridgehead atoms. The number of benzene rings is 1. The number of morpholine rings is 1. The SMILES string of the molecule is COc1cccc(C2(CN3CCOCC3)CCCCC2)c1. The highest BCUT2D eigenvalue weighted by atomic mass is 16.5. The molecule has 3 nitrogen and oxygen atoms in total. The van der Waals surface area contributed by atoms with Crippen LogP contribution in [-0.2, 0) is 10.2 Å². The molecule has 1 aliphatic carbocycles. The second kappa shape index (κ2) is 6.80. The summed E-state index contributed by atoms with van der Waals surface area (Å²) in [4.78, 5) is 2.59. The van der Waals surface area contributed by atoms with Gasteiger partial charge < -0.3 is 9.47 Å². The molecule has 21 heavy (non-hydrogen) atoms. The van der Waals surface area contributed by atoms with Crippen molar-refractivity contribution in [3.63, 3.8) is 0 Å². The molecule has 1 aromatic rings. The Balaban J connectivity index is 1.84. The first-order valence-electron chi connectivity index (χ1n) is 8.27. The van der Waals surface area contributed by atoms with E-state index in [0.29, 0.717) is 5.41 Å². The smallest absolute Gasteiger partial charge is 0.119 e. The Bertz CT molecular complexity index is 448. The van der Waals surface area contributed by atoms with Gasteiger partial charge in [0.05, 0.1) is 20.3 Å². The number of ether oxygens (including phenoxy) is 2. The Hall–Kier alpha value is -1.06. The van der Waals surface area contributed by atoms with Crippen LogP contribution in [0.25, 0.3) is 0 Å². The van der Waals surface area contributed by atoms with Gasteiger partial charge in [0.1, 0.15) is 5.75 Å². The van der Waals surface area contributed by atoms with Crippen LogP contribution in [0.2, 0.25) is 0 Å². The fraction of sp³-hybridized carbons (Fsp3) is 0.667. The average Bonchev–Trinajstić information content (AvgIpc) is 2.57. The maximum absolute atomic E-state index is 5.50. The summed E-state index contributed by atoms with van der Waals surface area (Å²) in [5, 5.41) is 0. The zero-order valence-corrected chi connectivity index (χ0v) is 13.1. The van der Waals surface area contributed by atoms with E-state index in [1.54, 1.807) is 7.11 Å². The molecule has 0 unspecified atom stereocenters. The lowest BCUT2D eigenvalue weighted by Gasteiger charge is -2.42. The van der Waals surface area contributed by atoms with Gasteiger partial charge in [-0.1, -0.05) is 31.4 Å². The monoisotopic (exact) mass is 289 g/mol. The molecule has 0 aromatic heterocycles. The topological polar surface area (TPSA) is 21.7 Å². The van der Waals surface area contributed by atoms with Crippen LogP contribution in [0.4, 0.5) is 0 Å². The summed E-state index contributed by atoms with van der Waals surface area (Å²) in [5.41, 5.74) is 1.78. The van der Waals surface area contributed by atoms with E-state index in [-0.39, 0.29) is 0 Å². The molecule has 1 aromatic carbocycles. The molecule has 3 heteroatoms. The Labute approximate surface area is 128 Å². The van der Waals surface area contributed by atoms with Crippen molar-refractivity contribution in [2.75, 3.05) is 40.0 Å². The van der Waals surface area contributed by atoms with Crippen LogP contribution in [0.1, 0.15) is 37.7 Å². The van der Waals surface area contributed by atoms with Crippen molar-refractivity contribution in [1.82, 2.24) is 4.90 Å². The highest BCUT2D eigenvalue weighted by Crippen LogP contribution is 2.41. The highest BCUT2D eigenvalue weighted by molar-refractivity contribution is 5.34. The first-order valence-corrected chi connectivity index (χ1v) is 8.27. The Morgan fingerprint density at radius 2 is 1.90 bits per heavy atom. The second-order valence-corrected chi connectivity index (χ2v) is 6.46. The molecule has 0 radical (unpaired) electrons. The van der Waals surface area contributed by atoms with Gasteiger partial charge in [-0.3, -0.25) is 4.90 Å². The summed E-state index contributed by atoms with van der Waals surface area (Å²) < 4.78 is 10.9. The van der Waals surface area contributed by atoms with E-state index in [1.807, 2.05) is 0 Å². The predicted octanol–water partition coefficient (Wildman–Crippen LogP) is 3.23. The maximum atomic E-state index is 5.50. The number of methoxy groups -OCH3 is 1. The Morgan fingerprint density at radius 1 is 1.14 bits per heavy atom. The highest BCUT2D eigenvalue weighted by Gasteiger charge is 2.36. The van der Waals surface area contributed by atoms with Crippen LogP contribution in [0.3, 0.4) is 0 Å². The predicted molar refractivity (Wildman–Crippen MR) is 85.0 cm³/mol. The third-order valence-electron chi connectivity index (χ3n) is 5.12. The minimum Gasteiger partial charge on any atom is -0.497 e. The fourth-order valence-electron chi connectivity index (χ4n) is 3.91. The van der Waals surface area contributed by atoms with E-state index in [4.69, 9.17) is 9.47 Å². The molecule has 1 heterocycles. The van der Waals surface area contributed by atoms with Gasteiger partial charge in [-0.05, 0) is 30.5 Å². The Kier molecular flexibility index (Phi) is 4.81. The van der Waals surface area contributed by atoms with Crippen LogP contribution < -0.4 is 4.74 Å². The average molecular weight is 289 g/mol. The van der Waals surface area contributed by atoms with Crippen molar-refractivity contribution in [2.24, 2.45) is 0 Å². The number of rotatable bonds is 4. The molecule has 1 saturated heterocycles. The molecular formula is C18H27NO2. The largest absolute Gasteiger partial charge is 0.497 e. The van der Waals surface area contributed by atoms with Crippen molar-refractivity contribution < 1.29 is 9.47 Å². The van der Waals surface area contributed by atoms with Gasteiger partial charge in [0.25, 0.3) is 0 Å². The van der Waals surface area contributed by atoms with E-state index >= 15 is 0 Å². The Morgan fingerprint density at radius 3 is 2.62 bits per heavy atom. The quantitative estimate of drug-likeness (QED) is 0.849. The van der Waals surface area contributed by atoms with Gasteiger partial charge >= 0.3 is 0 Å². The molecule has 2 fully saturated rings. The number of nitrogens with zero attached hydrogens (tertiary/aromatic N) is 1. The number of hydrogen-bond donors (Lipinski definition) is 0. The van der Waals surface area contributed by atoms with Gasteiger partial charge in [-0.25, -0.2) is 0 Å². The van der Waals surface area contributed by atoms with Crippen molar-refractivity contribution in [1.29, 1.82) is 0 Å². The van der Waals surface area contributed by atoms with Crippen LogP contribution >= 0.6 is 0 Å². The van der Waals surface area contributed by atoms with Crippen LogP contribution in [0.5, 0.6) is 5.75 Å². The van der Waals surface area contributed by atoms with E-state index in [0.717, 1.165) is 32.1 Å². The van der Waals surface area contributed by atoms with Crippen molar-refractivity contribution in [2.45, 2.75) is 37.5 Å². The molecule has 0 atom stereocenters. The molecule has 2 aliphatic rings. The van der Waals surface area contributed by atoms with Gasteiger partial charge in [-0.15, -0.1) is 0 Å². The summed E-state index contributed by atoms with van der Waals surface area (Å²) in [7, 11) is 1.76. The lowest BCUT2D eigenvalue weighted by Crippen LogP contribution is -2.46. The maximum Gasteiger partial charge on any atom is 0.119 e. The lowest BCUT2D eigenvalue weighted by atomic mass is 9.69. The lowest BCUT2D eigenvalue weighted by molar-refractivity contribution is 0.0223. The first kappa shape index (κ1) is 14.9. The van der Waals surface area contributed by atoms with Crippen molar-refractivity contribution in [3.8, 4) is 5.75 Å².